The van der Waals surface area contributed by atoms with Crippen molar-refractivity contribution in [3.63, 3.8) is 0 Å². The summed E-state index contributed by atoms with van der Waals surface area (Å²) in [5.41, 5.74) is 1.36. The van der Waals surface area contributed by atoms with E-state index in [0.29, 0.717) is 6.54 Å². The lowest BCUT2D eigenvalue weighted by molar-refractivity contribution is -0.126. The SMILES string of the molecule is O=C1CN(Cc2ccccc2)C(=O)N1C1CC12CCCC2. The van der Waals surface area contributed by atoms with E-state index < -0.39 is 0 Å². The van der Waals surface area contributed by atoms with Crippen LogP contribution in [0.4, 0.5) is 4.79 Å². The van der Waals surface area contributed by atoms with Crippen LogP contribution in [0.5, 0.6) is 0 Å². The van der Waals surface area contributed by atoms with E-state index in [2.05, 4.69) is 0 Å². The van der Waals surface area contributed by atoms with Crippen LogP contribution in [0.3, 0.4) is 0 Å². The Balaban J connectivity index is 1.48. The third-order valence-corrected chi connectivity index (χ3v) is 5.35. The van der Waals surface area contributed by atoms with Crippen molar-refractivity contribution in [2.75, 3.05) is 6.54 Å². The summed E-state index contributed by atoms with van der Waals surface area (Å²) in [5, 5.41) is 0. The highest BCUT2D eigenvalue weighted by atomic mass is 16.2. The van der Waals surface area contributed by atoms with Gasteiger partial charge in [-0.2, -0.15) is 0 Å². The molecule has 1 aliphatic heterocycles. The summed E-state index contributed by atoms with van der Waals surface area (Å²) in [4.78, 5) is 28.1. The molecule has 110 valence electrons. The van der Waals surface area contributed by atoms with Gasteiger partial charge >= 0.3 is 6.03 Å². The molecule has 3 aliphatic rings. The van der Waals surface area contributed by atoms with E-state index in [9.17, 15) is 9.59 Å². The molecule has 2 saturated carbocycles. The first-order valence-electron chi connectivity index (χ1n) is 7.85. The Kier molecular flexibility index (Phi) is 2.81. The first kappa shape index (κ1) is 12.9. The van der Waals surface area contributed by atoms with Crippen molar-refractivity contribution in [1.82, 2.24) is 9.80 Å². The number of nitrogens with zero attached hydrogens (tertiary/aromatic N) is 2. The van der Waals surface area contributed by atoms with E-state index in [0.717, 1.165) is 12.0 Å². The molecule has 3 fully saturated rings. The molecule has 0 bridgehead atoms. The third kappa shape index (κ3) is 2.04. The molecule has 21 heavy (non-hydrogen) atoms. The lowest BCUT2D eigenvalue weighted by Crippen LogP contribution is -2.36. The molecule has 4 heteroatoms. The Labute approximate surface area is 124 Å². The Bertz CT molecular complexity index is 578. The molecule has 2 aliphatic carbocycles. The van der Waals surface area contributed by atoms with Crippen LogP contribution in [0.2, 0.25) is 0 Å². The van der Waals surface area contributed by atoms with Crippen molar-refractivity contribution in [2.45, 2.75) is 44.7 Å². The van der Waals surface area contributed by atoms with Gasteiger partial charge in [0, 0.05) is 12.6 Å². The lowest BCUT2D eigenvalue weighted by atomic mass is 10.0. The molecule has 1 aromatic rings. The van der Waals surface area contributed by atoms with E-state index in [-0.39, 0.29) is 29.9 Å². The summed E-state index contributed by atoms with van der Waals surface area (Å²) < 4.78 is 0. The second kappa shape index (κ2) is 4.58. The van der Waals surface area contributed by atoms with Gasteiger partial charge in [0.1, 0.15) is 6.54 Å². The predicted molar refractivity (Wildman–Crippen MR) is 78.4 cm³/mol. The highest BCUT2D eigenvalue weighted by molar-refractivity contribution is 6.02. The largest absolute Gasteiger partial charge is 0.327 e. The molecule has 1 saturated heterocycles. The molecule has 1 aromatic carbocycles. The zero-order valence-electron chi connectivity index (χ0n) is 12.1. The fourth-order valence-electron chi connectivity index (χ4n) is 4.11. The fraction of sp³-hybridized carbons (Fsp3) is 0.529. The van der Waals surface area contributed by atoms with Gasteiger partial charge < -0.3 is 4.90 Å². The van der Waals surface area contributed by atoms with Crippen LogP contribution in [-0.4, -0.2) is 34.3 Å². The number of hydrogen-bond donors (Lipinski definition) is 0. The van der Waals surface area contributed by atoms with Crippen LogP contribution in [-0.2, 0) is 11.3 Å². The summed E-state index contributed by atoms with van der Waals surface area (Å²) in [6, 6.07) is 9.97. The Morgan fingerprint density at radius 3 is 2.52 bits per heavy atom. The van der Waals surface area contributed by atoms with Gasteiger partial charge in [0.2, 0.25) is 0 Å². The number of hydrogen-bond acceptors (Lipinski definition) is 2. The van der Waals surface area contributed by atoms with E-state index in [1.807, 2.05) is 30.3 Å². The molecule has 0 aromatic heterocycles. The van der Waals surface area contributed by atoms with Crippen molar-refractivity contribution in [3.05, 3.63) is 35.9 Å². The molecule has 4 rings (SSSR count). The summed E-state index contributed by atoms with van der Waals surface area (Å²) in [7, 11) is 0. The Morgan fingerprint density at radius 2 is 1.81 bits per heavy atom. The molecule has 0 radical (unpaired) electrons. The van der Waals surface area contributed by atoms with Crippen LogP contribution < -0.4 is 0 Å². The molecule has 4 nitrogen and oxygen atoms in total. The van der Waals surface area contributed by atoms with Crippen LogP contribution in [0.25, 0.3) is 0 Å². The third-order valence-electron chi connectivity index (χ3n) is 5.35. The lowest BCUT2D eigenvalue weighted by Gasteiger charge is -2.19. The maximum absolute atomic E-state index is 12.6. The molecular weight excluding hydrogens is 264 g/mol. The molecule has 1 heterocycles. The standard InChI is InChI=1S/C17H20N2O2/c20-15-12-18(11-13-6-2-1-3-7-13)16(21)19(15)14-10-17(14)8-4-5-9-17/h1-3,6-7,14H,4-5,8-12H2. The summed E-state index contributed by atoms with van der Waals surface area (Å²) in [5.74, 6) is -0.00953. The zero-order valence-corrected chi connectivity index (χ0v) is 12.1. The van der Waals surface area contributed by atoms with Crippen molar-refractivity contribution in [3.8, 4) is 0 Å². The molecule has 0 N–H and O–H groups in total. The smallest absolute Gasteiger partial charge is 0.311 e. The van der Waals surface area contributed by atoms with Gasteiger partial charge in [-0.05, 0) is 30.2 Å². The average Bonchev–Trinajstić information content (AvgIpc) is 2.82. The molecule has 3 amide bonds. The van der Waals surface area contributed by atoms with Crippen LogP contribution in [0.1, 0.15) is 37.7 Å². The number of carbonyl (C=O) groups excluding carboxylic acids is 2. The van der Waals surface area contributed by atoms with Crippen LogP contribution in [0.15, 0.2) is 30.3 Å². The van der Waals surface area contributed by atoms with E-state index in [1.165, 1.54) is 25.7 Å². The molecule has 1 unspecified atom stereocenters. The van der Waals surface area contributed by atoms with Gasteiger partial charge in [-0.25, -0.2) is 4.79 Å². The second-order valence-electron chi connectivity index (χ2n) is 6.68. The van der Waals surface area contributed by atoms with Crippen molar-refractivity contribution in [2.24, 2.45) is 5.41 Å². The van der Waals surface area contributed by atoms with Gasteiger partial charge in [-0.3, -0.25) is 9.69 Å². The van der Waals surface area contributed by atoms with Crippen LogP contribution in [0, 0.1) is 5.41 Å². The van der Waals surface area contributed by atoms with E-state index in [1.54, 1.807) is 9.80 Å². The molecular formula is C17H20N2O2. The fourth-order valence-corrected chi connectivity index (χ4v) is 4.11. The van der Waals surface area contributed by atoms with Crippen molar-refractivity contribution in [1.29, 1.82) is 0 Å². The summed E-state index contributed by atoms with van der Waals surface area (Å²) >= 11 is 0. The van der Waals surface area contributed by atoms with Gasteiger partial charge in [0.05, 0.1) is 0 Å². The second-order valence-corrected chi connectivity index (χ2v) is 6.68. The monoisotopic (exact) mass is 284 g/mol. The average molecular weight is 284 g/mol. The van der Waals surface area contributed by atoms with Gasteiger partial charge in [0.15, 0.2) is 0 Å². The minimum Gasteiger partial charge on any atom is -0.311 e. The summed E-state index contributed by atoms with van der Waals surface area (Å²) in [6.07, 6.45) is 5.91. The Hall–Kier alpha value is -1.84. The maximum Gasteiger partial charge on any atom is 0.327 e. The highest BCUT2D eigenvalue weighted by Gasteiger charge is 2.62. The number of benzene rings is 1. The minimum atomic E-state index is -0.0855. The van der Waals surface area contributed by atoms with Crippen molar-refractivity contribution < 1.29 is 9.59 Å². The normalized spacial score (nSPS) is 27.0. The number of amides is 3. The number of rotatable bonds is 3. The summed E-state index contributed by atoms with van der Waals surface area (Å²) in [6.45, 7) is 0.766. The Morgan fingerprint density at radius 1 is 1.10 bits per heavy atom. The number of carbonyl (C=O) groups is 2. The highest BCUT2D eigenvalue weighted by Crippen LogP contribution is 2.60. The topological polar surface area (TPSA) is 40.6 Å². The molecule has 1 spiro atoms. The van der Waals surface area contributed by atoms with Gasteiger partial charge in [0.25, 0.3) is 5.91 Å². The van der Waals surface area contributed by atoms with E-state index in [4.69, 9.17) is 0 Å². The maximum atomic E-state index is 12.6. The van der Waals surface area contributed by atoms with Crippen molar-refractivity contribution >= 4 is 11.9 Å². The number of urea groups is 1. The zero-order chi connectivity index (χ0) is 14.4. The quantitative estimate of drug-likeness (QED) is 0.801. The first-order valence-corrected chi connectivity index (χ1v) is 7.85. The van der Waals surface area contributed by atoms with Gasteiger partial charge in [-0.15, -0.1) is 0 Å². The minimum absolute atomic E-state index is 0.00953. The molecule has 1 atom stereocenters. The first-order chi connectivity index (χ1) is 10.2. The predicted octanol–water partition coefficient (Wildman–Crippen LogP) is 2.78. The van der Waals surface area contributed by atoms with E-state index >= 15 is 0 Å². The van der Waals surface area contributed by atoms with Crippen LogP contribution >= 0.6 is 0 Å². The van der Waals surface area contributed by atoms with Gasteiger partial charge in [-0.1, -0.05) is 43.2 Å². The number of imide groups is 1.